The summed E-state index contributed by atoms with van der Waals surface area (Å²) in [5, 5.41) is 16.0. The van der Waals surface area contributed by atoms with Crippen LogP contribution < -0.4 is 4.72 Å². The van der Waals surface area contributed by atoms with Crippen molar-refractivity contribution in [2.24, 2.45) is 0 Å². The summed E-state index contributed by atoms with van der Waals surface area (Å²) < 4.78 is 25.4. The quantitative estimate of drug-likeness (QED) is 0.827. The molecule has 7 heteroatoms. The zero-order chi connectivity index (χ0) is 13.8. The Morgan fingerprint density at radius 2 is 2.00 bits per heavy atom. The third-order valence-electron chi connectivity index (χ3n) is 2.22. The number of hydrogen-bond acceptors (Lipinski definition) is 4. The van der Waals surface area contributed by atoms with Crippen molar-refractivity contribution in [1.82, 2.24) is 0 Å². The number of nitriles is 1. The van der Waals surface area contributed by atoms with E-state index < -0.39 is 21.2 Å². The SMILES string of the molecule is CC(C#N)S(=O)(=O)Nc1ccc(CC(=O)O)cc1. The van der Waals surface area contributed by atoms with Crippen molar-refractivity contribution in [3.05, 3.63) is 29.8 Å². The second-order valence-electron chi connectivity index (χ2n) is 3.69. The smallest absolute Gasteiger partial charge is 0.307 e. The molecule has 0 heterocycles. The van der Waals surface area contributed by atoms with E-state index in [0.717, 1.165) is 0 Å². The van der Waals surface area contributed by atoms with E-state index in [2.05, 4.69) is 4.72 Å². The molecule has 0 fully saturated rings. The van der Waals surface area contributed by atoms with Crippen LogP contribution in [-0.4, -0.2) is 24.7 Å². The van der Waals surface area contributed by atoms with Crippen LogP contribution in [0.1, 0.15) is 12.5 Å². The van der Waals surface area contributed by atoms with Crippen molar-refractivity contribution >= 4 is 21.7 Å². The number of nitrogens with zero attached hydrogens (tertiary/aromatic N) is 1. The maximum absolute atomic E-state index is 11.6. The maximum atomic E-state index is 11.6. The second-order valence-corrected chi connectivity index (χ2v) is 5.69. The molecule has 96 valence electrons. The Labute approximate surface area is 105 Å². The minimum atomic E-state index is -3.73. The molecule has 0 aliphatic rings. The first kappa shape index (κ1) is 14.0. The van der Waals surface area contributed by atoms with Crippen molar-refractivity contribution in [2.75, 3.05) is 4.72 Å². The van der Waals surface area contributed by atoms with Gasteiger partial charge in [0.1, 0.15) is 0 Å². The lowest BCUT2D eigenvalue weighted by Gasteiger charge is -2.09. The topological polar surface area (TPSA) is 107 Å². The molecule has 1 aromatic rings. The van der Waals surface area contributed by atoms with Gasteiger partial charge in [0.2, 0.25) is 10.0 Å². The lowest BCUT2D eigenvalue weighted by Crippen LogP contribution is -2.23. The van der Waals surface area contributed by atoms with E-state index in [4.69, 9.17) is 10.4 Å². The highest BCUT2D eigenvalue weighted by atomic mass is 32.2. The molecule has 0 bridgehead atoms. The van der Waals surface area contributed by atoms with Crippen molar-refractivity contribution in [1.29, 1.82) is 5.26 Å². The lowest BCUT2D eigenvalue weighted by molar-refractivity contribution is -0.136. The summed E-state index contributed by atoms with van der Waals surface area (Å²) in [6.07, 6.45) is -0.123. The minimum Gasteiger partial charge on any atom is -0.481 e. The molecule has 2 N–H and O–H groups in total. The Kier molecular flexibility index (Phi) is 4.28. The number of benzene rings is 1. The molecule has 0 amide bonds. The third kappa shape index (κ3) is 3.75. The van der Waals surface area contributed by atoms with Crippen LogP contribution in [0.4, 0.5) is 5.69 Å². The highest BCUT2D eigenvalue weighted by molar-refractivity contribution is 7.93. The Bertz CT molecular complexity index is 572. The normalized spacial score (nSPS) is 12.4. The number of aliphatic carboxylic acids is 1. The summed E-state index contributed by atoms with van der Waals surface area (Å²) in [5.41, 5.74) is 0.866. The molecule has 0 aliphatic carbocycles. The summed E-state index contributed by atoms with van der Waals surface area (Å²) in [4.78, 5) is 10.5. The van der Waals surface area contributed by atoms with Gasteiger partial charge in [0, 0.05) is 5.69 Å². The van der Waals surface area contributed by atoms with Gasteiger partial charge in [0.05, 0.1) is 12.5 Å². The van der Waals surface area contributed by atoms with Gasteiger partial charge in [-0.1, -0.05) is 12.1 Å². The fraction of sp³-hybridized carbons (Fsp3) is 0.273. The van der Waals surface area contributed by atoms with Gasteiger partial charge in [-0.25, -0.2) is 8.42 Å². The number of hydrogen-bond donors (Lipinski definition) is 2. The lowest BCUT2D eigenvalue weighted by atomic mass is 10.1. The van der Waals surface area contributed by atoms with E-state index >= 15 is 0 Å². The molecule has 18 heavy (non-hydrogen) atoms. The molecule has 1 atom stereocenters. The van der Waals surface area contributed by atoms with Crippen LogP contribution in [0.2, 0.25) is 0 Å². The first-order valence-corrected chi connectivity index (χ1v) is 6.62. The van der Waals surface area contributed by atoms with Crippen molar-refractivity contribution in [3.63, 3.8) is 0 Å². The highest BCUT2D eigenvalue weighted by Gasteiger charge is 2.19. The number of carboxylic acids is 1. The molecule has 1 rings (SSSR count). The number of anilines is 1. The number of nitrogens with one attached hydrogen (secondary N) is 1. The largest absolute Gasteiger partial charge is 0.481 e. The molecular weight excluding hydrogens is 256 g/mol. The van der Waals surface area contributed by atoms with Crippen LogP contribution in [0.3, 0.4) is 0 Å². The second kappa shape index (κ2) is 5.51. The summed E-state index contributed by atoms with van der Waals surface area (Å²) in [6.45, 7) is 1.28. The van der Waals surface area contributed by atoms with Gasteiger partial charge in [0.15, 0.2) is 5.25 Å². The van der Waals surface area contributed by atoms with Crippen LogP contribution >= 0.6 is 0 Å². The molecule has 0 aliphatic heterocycles. The predicted molar refractivity (Wildman–Crippen MR) is 65.4 cm³/mol. The minimum absolute atomic E-state index is 0.123. The first-order chi connectivity index (χ1) is 8.35. The molecule has 0 radical (unpaired) electrons. The van der Waals surface area contributed by atoms with Crippen LogP contribution in [0, 0.1) is 11.3 Å². The van der Waals surface area contributed by atoms with Gasteiger partial charge in [0.25, 0.3) is 0 Å². The van der Waals surface area contributed by atoms with E-state index in [1.54, 1.807) is 6.07 Å². The summed E-state index contributed by atoms with van der Waals surface area (Å²) >= 11 is 0. The number of carbonyl (C=O) groups is 1. The fourth-order valence-electron chi connectivity index (χ4n) is 1.19. The summed E-state index contributed by atoms with van der Waals surface area (Å²) in [6, 6.07) is 7.59. The van der Waals surface area contributed by atoms with E-state index in [1.807, 2.05) is 0 Å². The standard InChI is InChI=1S/C11H12N2O4S/c1-8(7-12)18(16,17)13-10-4-2-9(3-5-10)6-11(14)15/h2-5,8,13H,6H2,1H3,(H,14,15). The first-order valence-electron chi connectivity index (χ1n) is 5.07. The Balaban J connectivity index is 2.82. The van der Waals surface area contributed by atoms with Crippen LogP contribution in [0.15, 0.2) is 24.3 Å². The molecular formula is C11H12N2O4S. The number of rotatable bonds is 5. The van der Waals surface area contributed by atoms with Gasteiger partial charge in [-0.05, 0) is 24.6 Å². The van der Waals surface area contributed by atoms with E-state index in [-0.39, 0.29) is 6.42 Å². The third-order valence-corrected chi connectivity index (χ3v) is 3.77. The van der Waals surface area contributed by atoms with E-state index in [0.29, 0.717) is 11.3 Å². The van der Waals surface area contributed by atoms with Crippen LogP contribution in [0.25, 0.3) is 0 Å². The molecule has 1 aromatic carbocycles. The average molecular weight is 268 g/mol. The molecule has 6 nitrogen and oxygen atoms in total. The fourth-order valence-corrected chi connectivity index (χ4v) is 1.97. The summed E-state index contributed by atoms with van der Waals surface area (Å²) in [7, 11) is -3.73. The highest BCUT2D eigenvalue weighted by Crippen LogP contribution is 2.13. The van der Waals surface area contributed by atoms with Gasteiger partial charge < -0.3 is 5.11 Å². The summed E-state index contributed by atoms with van der Waals surface area (Å²) in [5.74, 6) is -0.957. The zero-order valence-corrected chi connectivity index (χ0v) is 10.4. The van der Waals surface area contributed by atoms with Gasteiger partial charge in [-0.15, -0.1) is 0 Å². The van der Waals surface area contributed by atoms with E-state index in [9.17, 15) is 13.2 Å². The predicted octanol–water partition coefficient (Wildman–Crippen LogP) is 0.967. The average Bonchev–Trinajstić information content (AvgIpc) is 2.29. The van der Waals surface area contributed by atoms with Gasteiger partial charge in [-0.2, -0.15) is 5.26 Å². The van der Waals surface area contributed by atoms with Gasteiger partial charge >= 0.3 is 5.97 Å². The molecule has 0 saturated heterocycles. The maximum Gasteiger partial charge on any atom is 0.307 e. The molecule has 0 saturated carbocycles. The Hall–Kier alpha value is -2.07. The van der Waals surface area contributed by atoms with Crippen LogP contribution in [0.5, 0.6) is 0 Å². The molecule has 0 aromatic heterocycles. The van der Waals surface area contributed by atoms with E-state index in [1.165, 1.54) is 31.2 Å². The van der Waals surface area contributed by atoms with Gasteiger partial charge in [-0.3, -0.25) is 9.52 Å². The number of sulfonamides is 1. The molecule has 0 spiro atoms. The Morgan fingerprint density at radius 3 is 2.44 bits per heavy atom. The van der Waals surface area contributed by atoms with Crippen molar-refractivity contribution in [3.8, 4) is 6.07 Å². The number of carboxylic acid groups (broad SMARTS) is 1. The Morgan fingerprint density at radius 1 is 1.44 bits per heavy atom. The van der Waals surface area contributed by atoms with Crippen LogP contribution in [-0.2, 0) is 21.2 Å². The monoisotopic (exact) mass is 268 g/mol. The van der Waals surface area contributed by atoms with Crippen molar-refractivity contribution < 1.29 is 18.3 Å². The molecule has 1 unspecified atom stereocenters. The van der Waals surface area contributed by atoms with Crippen molar-refractivity contribution in [2.45, 2.75) is 18.6 Å². The zero-order valence-electron chi connectivity index (χ0n) is 9.62.